The third-order valence-electron chi connectivity index (χ3n) is 5.83. The molecule has 2 unspecified atom stereocenters. The average Bonchev–Trinajstić information content (AvgIpc) is 2.85. The molecule has 1 saturated heterocycles. The summed E-state index contributed by atoms with van der Waals surface area (Å²) in [5, 5.41) is 2.64. The van der Waals surface area contributed by atoms with Gasteiger partial charge in [0.15, 0.2) is 5.12 Å². The number of carbonyl (C=O) groups is 4. The molecule has 2 rings (SSSR count). The standard InChI is InChI=1S/C27H40N2O7S/c1-19(30)37-18-21(24(31)29-16-7-6-10-23(29)25(32)36-27(2,3)4)9-8-15-28-26(33)35-17-20-11-13-22(34-5)14-12-20/h11-14,21,23H,6-10,15-18H2,1-5H3,(H,28,33). The zero-order chi connectivity index (χ0) is 27.4. The van der Waals surface area contributed by atoms with Crippen molar-refractivity contribution in [1.82, 2.24) is 10.2 Å². The zero-order valence-corrected chi connectivity index (χ0v) is 23.4. The monoisotopic (exact) mass is 536 g/mol. The van der Waals surface area contributed by atoms with E-state index in [4.69, 9.17) is 14.2 Å². The van der Waals surface area contributed by atoms with Gasteiger partial charge in [0, 0.05) is 31.7 Å². The van der Waals surface area contributed by atoms with Crippen molar-refractivity contribution >= 4 is 34.8 Å². The van der Waals surface area contributed by atoms with Crippen LogP contribution in [0.1, 0.15) is 65.4 Å². The fourth-order valence-corrected chi connectivity index (χ4v) is 4.75. The van der Waals surface area contributed by atoms with Crippen LogP contribution in [0, 0.1) is 5.92 Å². The summed E-state index contributed by atoms with van der Waals surface area (Å²) >= 11 is 1.10. The molecule has 1 aromatic carbocycles. The van der Waals surface area contributed by atoms with Crippen molar-refractivity contribution in [2.45, 2.75) is 78.0 Å². The molecule has 1 fully saturated rings. The van der Waals surface area contributed by atoms with Gasteiger partial charge in [-0.3, -0.25) is 9.59 Å². The lowest BCUT2D eigenvalue weighted by Gasteiger charge is -2.37. The number of amides is 2. The molecule has 0 saturated carbocycles. The number of esters is 1. The Hall–Kier alpha value is -2.75. The number of thioether (sulfide) groups is 1. The van der Waals surface area contributed by atoms with E-state index in [9.17, 15) is 19.2 Å². The Morgan fingerprint density at radius 1 is 1.14 bits per heavy atom. The van der Waals surface area contributed by atoms with Crippen LogP contribution in [0.4, 0.5) is 4.79 Å². The number of likely N-dealkylation sites (tertiary alicyclic amines) is 1. The zero-order valence-electron chi connectivity index (χ0n) is 22.5. The van der Waals surface area contributed by atoms with Gasteiger partial charge in [0.25, 0.3) is 0 Å². The van der Waals surface area contributed by atoms with Gasteiger partial charge in [-0.15, -0.1) is 0 Å². The van der Waals surface area contributed by atoms with E-state index < -0.39 is 23.7 Å². The Balaban J connectivity index is 1.89. The fraction of sp³-hybridized carbons (Fsp3) is 0.630. The molecule has 1 aliphatic heterocycles. The van der Waals surface area contributed by atoms with E-state index >= 15 is 0 Å². The number of hydrogen-bond acceptors (Lipinski definition) is 8. The van der Waals surface area contributed by atoms with Crippen LogP contribution < -0.4 is 10.1 Å². The molecule has 0 aliphatic carbocycles. The number of nitrogens with one attached hydrogen (secondary N) is 1. The SMILES string of the molecule is COc1ccc(COC(=O)NCCCC(CSC(C)=O)C(=O)N2CCCCC2C(=O)OC(C)(C)C)cc1. The molecule has 10 heteroatoms. The number of benzene rings is 1. The highest BCUT2D eigenvalue weighted by molar-refractivity contribution is 8.13. The van der Waals surface area contributed by atoms with Gasteiger partial charge < -0.3 is 24.4 Å². The Labute approximate surface area is 224 Å². The molecule has 9 nitrogen and oxygen atoms in total. The number of carbonyl (C=O) groups excluding carboxylic acids is 4. The van der Waals surface area contributed by atoms with Gasteiger partial charge in [-0.05, 0) is 70.6 Å². The lowest BCUT2D eigenvalue weighted by Crippen LogP contribution is -2.52. The van der Waals surface area contributed by atoms with Crippen molar-refractivity contribution in [2.24, 2.45) is 5.92 Å². The first-order valence-electron chi connectivity index (χ1n) is 12.7. The van der Waals surface area contributed by atoms with Crippen molar-refractivity contribution in [1.29, 1.82) is 0 Å². The normalized spacial score (nSPS) is 16.5. The maximum Gasteiger partial charge on any atom is 0.407 e. The van der Waals surface area contributed by atoms with Crippen LogP contribution in [0.2, 0.25) is 0 Å². The van der Waals surface area contributed by atoms with Crippen molar-refractivity contribution < 1.29 is 33.4 Å². The third-order valence-corrected chi connectivity index (χ3v) is 6.81. The average molecular weight is 537 g/mol. The van der Waals surface area contributed by atoms with Gasteiger partial charge >= 0.3 is 12.1 Å². The molecule has 206 valence electrons. The van der Waals surface area contributed by atoms with E-state index in [2.05, 4.69) is 5.32 Å². The quantitative estimate of drug-likeness (QED) is 0.329. The van der Waals surface area contributed by atoms with Crippen LogP contribution in [0.15, 0.2) is 24.3 Å². The summed E-state index contributed by atoms with van der Waals surface area (Å²) in [6.07, 6.45) is 2.68. The maximum absolute atomic E-state index is 13.5. The summed E-state index contributed by atoms with van der Waals surface area (Å²) in [4.78, 5) is 51.6. The minimum absolute atomic E-state index is 0.0691. The summed E-state index contributed by atoms with van der Waals surface area (Å²) in [5.41, 5.74) is 0.199. The lowest BCUT2D eigenvalue weighted by molar-refractivity contribution is -0.167. The molecule has 0 radical (unpaired) electrons. The van der Waals surface area contributed by atoms with Crippen LogP contribution in [-0.2, 0) is 30.5 Å². The number of hydrogen-bond donors (Lipinski definition) is 1. The molecular weight excluding hydrogens is 496 g/mol. The van der Waals surface area contributed by atoms with Gasteiger partial charge in [-0.25, -0.2) is 9.59 Å². The predicted octanol–water partition coefficient (Wildman–Crippen LogP) is 4.32. The summed E-state index contributed by atoms with van der Waals surface area (Å²) in [6.45, 7) is 7.83. The Morgan fingerprint density at radius 2 is 1.84 bits per heavy atom. The van der Waals surface area contributed by atoms with Crippen LogP contribution >= 0.6 is 11.8 Å². The van der Waals surface area contributed by atoms with Gasteiger partial charge in [-0.2, -0.15) is 0 Å². The van der Waals surface area contributed by atoms with Gasteiger partial charge in [0.05, 0.1) is 7.11 Å². The minimum Gasteiger partial charge on any atom is -0.497 e. The molecule has 2 amide bonds. The van der Waals surface area contributed by atoms with Crippen molar-refractivity contribution in [3.05, 3.63) is 29.8 Å². The van der Waals surface area contributed by atoms with Crippen LogP contribution in [-0.4, -0.2) is 65.6 Å². The van der Waals surface area contributed by atoms with Gasteiger partial charge in [0.1, 0.15) is 24.0 Å². The summed E-state index contributed by atoms with van der Waals surface area (Å²) < 4.78 is 15.9. The maximum atomic E-state index is 13.5. The fourth-order valence-electron chi connectivity index (χ4n) is 4.00. The highest BCUT2D eigenvalue weighted by Crippen LogP contribution is 2.26. The second-order valence-electron chi connectivity index (χ2n) is 10.1. The van der Waals surface area contributed by atoms with Gasteiger partial charge in [-0.1, -0.05) is 23.9 Å². The van der Waals surface area contributed by atoms with Crippen LogP contribution in [0.25, 0.3) is 0 Å². The van der Waals surface area contributed by atoms with E-state index in [1.165, 1.54) is 6.92 Å². The number of alkyl carbamates (subject to hydrolysis) is 1. The smallest absolute Gasteiger partial charge is 0.407 e. The van der Waals surface area contributed by atoms with E-state index in [1.807, 2.05) is 12.1 Å². The van der Waals surface area contributed by atoms with E-state index in [0.29, 0.717) is 38.1 Å². The molecule has 1 heterocycles. The van der Waals surface area contributed by atoms with Crippen molar-refractivity contribution in [3.63, 3.8) is 0 Å². The second kappa shape index (κ2) is 14.9. The third kappa shape index (κ3) is 11.0. The van der Waals surface area contributed by atoms with E-state index in [-0.39, 0.29) is 23.6 Å². The molecule has 0 bridgehead atoms. The largest absolute Gasteiger partial charge is 0.497 e. The highest BCUT2D eigenvalue weighted by atomic mass is 32.2. The lowest BCUT2D eigenvalue weighted by atomic mass is 9.97. The molecule has 1 aliphatic rings. The van der Waals surface area contributed by atoms with E-state index in [0.717, 1.165) is 35.9 Å². The predicted molar refractivity (Wildman–Crippen MR) is 142 cm³/mol. The number of ether oxygens (including phenoxy) is 3. The highest BCUT2D eigenvalue weighted by Gasteiger charge is 2.37. The molecule has 2 atom stereocenters. The first-order valence-corrected chi connectivity index (χ1v) is 13.7. The topological polar surface area (TPSA) is 111 Å². The second-order valence-corrected chi connectivity index (χ2v) is 11.3. The van der Waals surface area contributed by atoms with Crippen LogP contribution in [0.5, 0.6) is 5.75 Å². The van der Waals surface area contributed by atoms with Gasteiger partial charge in [0.2, 0.25) is 5.91 Å². The number of nitrogens with zero attached hydrogens (tertiary/aromatic N) is 1. The molecule has 37 heavy (non-hydrogen) atoms. The molecular formula is C27H40N2O7S. The van der Waals surface area contributed by atoms with Crippen molar-refractivity contribution in [2.75, 3.05) is 26.0 Å². The molecule has 0 spiro atoms. The molecule has 1 N–H and O–H groups in total. The number of methoxy groups -OCH3 is 1. The van der Waals surface area contributed by atoms with E-state index in [1.54, 1.807) is 44.9 Å². The Morgan fingerprint density at radius 3 is 2.46 bits per heavy atom. The molecule has 1 aromatic rings. The Bertz CT molecular complexity index is 914. The first-order chi connectivity index (χ1) is 17.5. The Kier molecular flexibility index (Phi) is 12.2. The summed E-state index contributed by atoms with van der Waals surface area (Å²) in [6, 6.07) is 6.61. The number of piperidine rings is 1. The summed E-state index contributed by atoms with van der Waals surface area (Å²) in [7, 11) is 1.59. The number of rotatable bonds is 11. The molecule has 0 aromatic heterocycles. The van der Waals surface area contributed by atoms with Crippen molar-refractivity contribution in [3.8, 4) is 5.75 Å². The minimum atomic E-state index is -0.638. The first kappa shape index (κ1) is 30.5. The summed E-state index contributed by atoms with van der Waals surface area (Å²) in [5.74, 6) is 0.0654. The van der Waals surface area contributed by atoms with Crippen LogP contribution in [0.3, 0.4) is 0 Å².